The van der Waals surface area contributed by atoms with Crippen LogP contribution in [0.1, 0.15) is 66.8 Å². The molecule has 2 heterocycles. The molecule has 31 heavy (non-hydrogen) atoms. The molecule has 3 rings (SSSR count). The summed E-state index contributed by atoms with van der Waals surface area (Å²) in [5.74, 6) is -0.451. The van der Waals surface area contributed by atoms with Crippen LogP contribution in [0, 0.1) is 12.7 Å². The van der Waals surface area contributed by atoms with Crippen molar-refractivity contribution in [2.24, 2.45) is 0 Å². The minimum atomic E-state index is -0.893. The van der Waals surface area contributed by atoms with Crippen molar-refractivity contribution in [2.75, 3.05) is 13.1 Å². The number of esters is 1. The maximum absolute atomic E-state index is 13.2. The lowest BCUT2D eigenvalue weighted by Crippen LogP contribution is -2.37. The van der Waals surface area contributed by atoms with Crippen LogP contribution in [-0.4, -0.2) is 45.3 Å². The molecule has 1 aromatic carbocycles. The molecule has 168 valence electrons. The Labute approximate surface area is 182 Å². The summed E-state index contributed by atoms with van der Waals surface area (Å²) >= 11 is 0. The molecule has 1 aromatic heterocycles. The summed E-state index contributed by atoms with van der Waals surface area (Å²) in [6.45, 7) is 9.04. The van der Waals surface area contributed by atoms with Gasteiger partial charge in [0.05, 0.1) is 5.56 Å². The molecule has 1 aliphatic rings. The summed E-state index contributed by atoms with van der Waals surface area (Å²) in [7, 11) is 0. The highest BCUT2D eigenvalue weighted by Gasteiger charge is 2.29. The van der Waals surface area contributed by atoms with Gasteiger partial charge in [-0.1, -0.05) is 12.1 Å². The van der Waals surface area contributed by atoms with Gasteiger partial charge >= 0.3 is 12.1 Å². The van der Waals surface area contributed by atoms with Crippen molar-refractivity contribution < 1.29 is 23.8 Å². The van der Waals surface area contributed by atoms with Crippen LogP contribution in [-0.2, 0) is 17.7 Å². The lowest BCUT2D eigenvalue weighted by Gasteiger charge is -2.31. The number of amides is 1. The molecule has 0 bridgehead atoms. The molecule has 0 saturated carbocycles. The number of carbonyl (C=O) groups excluding carboxylic acids is 1. The van der Waals surface area contributed by atoms with Gasteiger partial charge in [-0.25, -0.2) is 14.0 Å². The Morgan fingerprint density at radius 2 is 1.77 bits per heavy atom. The van der Waals surface area contributed by atoms with Crippen LogP contribution in [0.4, 0.5) is 9.18 Å². The molecule has 0 spiro atoms. The lowest BCUT2D eigenvalue weighted by molar-refractivity contribution is 0.00685. The van der Waals surface area contributed by atoms with E-state index in [2.05, 4.69) is 4.57 Å². The zero-order chi connectivity index (χ0) is 22.8. The van der Waals surface area contributed by atoms with Crippen molar-refractivity contribution in [1.29, 1.82) is 0 Å². The molecule has 1 N–H and O–H groups in total. The molecular weight excluding hydrogens is 399 g/mol. The van der Waals surface area contributed by atoms with Crippen LogP contribution < -0.4 is 0 Å². The molecular formula is C24H31FN2O4. The number of nitrogens with zero attached hydrogens (tertiary/aromatic N) is 2. The largest absolute Gasteiger partial charge is 0.465 e. The summed E-state index contributed by atoms with van der Waals surface area (Å²) in [4.78, 5) is 25.5. The van der Waals surface area contributed by atoms with E-state index in [1.165, 1.54) is 17.0 Å². The number of hydrogen-bond acceptors (Lipinski definition) is 3. The Morgan fingerprint density at radius 3 is 2.32 bits per heavy atom. The van der Waals surface area contributed by atoms with E-state index in [1.54, 1.807) is 12.1 Å². The molecule has 1 fully saturated rings. The molecule has 7 heteroatoms. The van der Waals surface area contributed by atoms with E-state index in [4.69, 9.17) is 4.74 Å². The van der Waals surface area contributed by atoms with Gasteiger partial charge in [0.2, 0.25) is 0 Å². The topological polar surface area (TPSA) is 71.8 Å². The van der Waals surface area contributed by atoms with E-state index in [-0.39, 0.29) is 17.7 Å². The predicted molar refractivity (Wildman–Crippen MR) is 116 cm³/mol. The van der Waals surface area contributed by atoms with Gasteiger partial charge in [0.15, 0.2) is 0 Å². The second kappa shape index (κ2) is 9.12. The summed E-state index contributed by atoms with van der Waals surface area (Å²) in [6.07, 6.45) is 1.22. The summed E-state index contributed by atoms with van der Waals surface area (Å²) in [5, 5.41) is 9.24. The number of ether oxygens (including phenoxy) is 1. The number of carboxylic acid groups (broad SMARTS) is 1. The van der Waals surface area contributed by atoms with Crippen molar-refractivity contribution in [3.8, 4) is 0 Å². The fraction of sp³-hybridized carbons (Fsp3) is 0.500. The van der Waals surface area contributed by atoms with E-state index in [0.29, 0.717) is 44.5 Å². The third-order valence-corrected chi connectivity index (χ3v) is 5.74. The van der Waals surface area contributed by atoms with E-state index < -0.39 is 11.7 Å². The van der Waals surface area contributed by atoms with E-state index in [1.807, 2.05) is 33.8 Å². The molecule has 6 nitrogen and oxygen atoms in total. The van der Waals surface area contributed by atoms with E-state index in [0.717, 1.165) is 17.0 Å². The van der Waals surface area contributed by atoms with E-state index in [9.17, 15) is 19.1 Å². The van der Waals surface area contributed by atoms with Crippen LogP contribution in [0.3, 0.4) is 0 Å². The molecule has 0 atom stereocenters. The van der Waals surface area contributed by atoms with Gasteiger partial charge < -0.3 is 19.3 Å². The second-order valence-electron chi connectivity index (χ2n) is 9.14. The van der Waals surface area contributed by atoms with Crippen molar-refractivity contribution >= 4 is 12.1 Å². The van der Waals surface area contributed by atoms with Gasteiger partial charge in [0.25, 0.3) is 0 Å². The number of benzene rings is 1. The van der Waals surface area contributed by atoms with Crippen LogP contribution in [0.15, 0.2) is 30.3 Å². The third-order valence-electron chi connectivity index (χ3n) is 5.74. The summed E-state index contributed by atoms with van der Waals surface area (Å²) < 4.78 is 21.0. The minimum absolute atomic E-state index is 0.165. The number of aryl methyl sites for hydroxylation is 1. The molecule has 1 aliphatic heterocycles. The summed E-state index contributed by atoms with van der Waals surface area (Å²) in [6, 6.07) is 8.36. The van der Waals surface area contributed by atoms with Crippen LogP contribution in [0.5, 0.6) is 0 Å². The first-order valence-electron chi connectivity index (χ1n) is 10.7. The monoisotopic (exact) mass is 430 g/mol. The number of piperidine rings is 1. The molecule has 0 unspecified atom stereocenters. The first-order valence-corrected chi connectivity index (χ1v) is 10.7. The average Bonchev–Trinajstić information content (AvgIpc) is 3.03. The smallest absolute Gasteiger partial charge is 0.407 e. The highest BCUT2D eigenvalue weighted by atomic mass is 19.1. The summed E-state index contributed by atoms with van der Waals surface area (Å²) in [5.41, 5.74) is 2.84. The first kappa shape index (κ1) is 22.8. The number of aromatic nitrogens is 1. The van der Waals surface area contributed by atoms with Crippen LogP contribution in [0.25, 0.3) is 0 Å². The molecule has 1 saturated heterocycles. The Kier molecular flexibility index (Phi) is 6.72. The van der Waals surface area contributed by atoms with Gasteiger partial charge in [-0.15, -0.1) is 0 Å². The minimum Gasteiger partial charge on any atom is -0.465 e. The van der Waals surface area contributed by atoms with Crippen LogP contribution >= 0.6 is 0 Å². The Balaban J connectivity index is 1.87. The van der Waals surface area contributed by atoms with Gasteiger partial charge in [-0.05, 0) is 70.7 Å². The van der Waals surface area contributed by atoms with Crippen molar-refractivity contribution in [1.82, 2.24) is 9.47 Å². The SMILES string of the molecule is Cc1c(C(=O)OC(C)(C)C)cc(C2CCN(C(=O)O)CC2)n1CCc1ccc(F)cc1. The van der Waals surface area contributed by atoms with Gasteiger partial charge in [-0.2, -0.15) is 0 Å². The average molecular weight is 431 g/mol. The van der Waals surface area contributed by atoms with Gasteiger partial charge in [0, 0.05) is 36.9 Å². The standard InChI is InChI=1S/C24H31FN2O4/c1-16-20(22(28)31-24(2,3)4)15-21(18-10-12-26(13-11-18)23(29)30)27(16)14-9-17-5-7-19(25)8-6-17/h5-8,15,18H,9-14H2,1-4H3,(H,29,30). The zero-order valence-electron chi connectivity index (χ0n) is 18.7. The maximum Gasteiger partial charge on any atom is 0.407 e. The molecule has 0 aliphatic carbocycles. The van der Waals surface area contributed by atoms with Crippen molar-refractivity contribution in [2.45, 2.75) is 65.0 Å². The zero-order valence-corrected chi connectivity index (χ0v) is 18.7. The predicted octanol–water partition coefficient (Wildman–Crippen LogP) is 4.99. The van der Waals surface area contributed by atoms with Gasteiger partial charge in [-0.3, -0.25) is 0 Å². The molecule has 2 aromatic rings. The molecule has 1 amide bonds. The van der Waals surface area contributed by atoms with Gasteiger partial charge in [0.1, 0.15) is 11.4 Å². The fourth-order valence-electron chi connectivity index (χ4n) is 4.10. The molecule has 0 radical (unpaired) electrons. The number of carbonyl (C=O) groups is 2. The van der Waals surface area contributed by atoms with Crippen LogP contribution in [0.2, 0.25) is 0 Å². The number of likely N-dealkylation sites (tertiary alicyclic amines) is 1. The lowest BCUT2D eigenvalue weighted by atomic mass is 9.93. The van der Waals surface area contributed by atoms with Crippen molar-refractivity contribution in [3.05, 3.63) is 58.7 Å². The third kappa shape index (κ3) is 5.66. The fourth-order valence-corrected chi connectivity index (χ4v) is 4.10. The number of rotatable bonds is 5. The Morgan fingerprint density at radius 1 is 1.16 bits per heavy atom. The quantitative estimate of drug-likeness (QED) is 0.679. The van der Waals surface area contributed by atoms with Crippen molar-refractivity contribution in [3.63, 3.8) is 0 Å². The Bertz CT molecular complexity index is 936. The highest BCUT2D eigenvalue weighted by Crippen LogP contribution is 2.32. The number of halogens is 1. The maximum atomic E-state index is 13.2. The second-order valence-corrected chi connectivity index (χ2v) is 9.14. The highest BCUT2D eigenvalue weighted by molar-refractivity contribution is 5.91. The first-order chi connectivity index (χ1) is 14.5. The Hall–Kier alpha value is -2.83. The number of hydrogen-bond donors (Lipinski definition) is 1. The normalized spacial score (nSPS) is 15.2. The van der Waals surface area contributed by atoms with E-state index >= 15 is 0 Å².